The summed E-state index contributed by atoms with van der Waals surface area (Å²) in [5.74, 6) is -1.67. The predicted octanol–water partition coefficient (Wildman–Crippen LogP) is 4.06. The number of unbranched alkanes of at least 4 members (excludes halogenated alkanes) is 2. The van der Waals surface area contributed by atoms with Gasteiger partial charge in [0.1, 0.15) is 23.7 Å². The molecular formula is C45H68N6O6. The fourth-order valence-corrected chi connectivity index (χ4v) is 7.26. The van der Waals surface area contributed by atoms with Gasteiger partial charge in [-0.15, -0.1) is 0 Å². The van der Waals surface area contributed by atoms with E-state index in [0.717, 1.165) is 63.1 Å². The number of rotatable bonds is 24. The first-order valence-corrected chi connectivity index (χ1v) is 21.1. The Hall–Kier alpha value is -4.13. The summed E-state index contributed by atoms with van der Waals surface area (Å²) in [5.41, 5.74) is 0.945. The summed E-state index contributed by atoms with van der Waals surface area (Å²) < 4.78 is 5.43. The molecule has 5 atom stereocenters. The van der Waals surface area contributed by atoms with E-state index in [9.17, 15) is 24.0 Å². The van der Waals surface area contributed by atoms with Gasteiger partial charge in [0, 0.05) is 39.0 Å². The fraction of sp³-hybridized carbons (Fsp3) is 0.622. The van der Waals surface area contributed by atoms with Crippen LogP contribution in [0.15, 0.2) is 60.7 Å². The first kappa shape index (κ1) is 45.6. The number of carbonyl (C=O) groups excluding carboxylic acids is 5. The number of likely N-dealkylation sites (N-methyl/N-ethyl adjacent to an activating group) is 1. The molecule has 2 unspecified atom stereocenters. The molecule has 0 aromatic heterocycles. The second-order valence-corrected chi connectivity index (χ2v) is 17.1. The van der Waals surface area contributed by atoms with Gasteiger partial charge in [-0.25, -0.2) is 0 Å². The fourth-order valence-electron chi connectivity index (χ4n) is 7.26. The van der Waals surface area contributed by atoms with Crippen molar-refractivity contribution in [2.75, 3.05) is 46.4 Å². The number of Topliss-reactive ketones (excluding diaryl/α,β-unsaturated/α-hetero) is 1. The molecule has 12 heteroatoms. The van der Waals surface area contributed by atoms with Crippen LogP contribution in [0.5, 0.6) is 0 Å². The molecule has 12 nitrogen and oxygen atoms in total. The van der Waals surface area contributed by atoms with Crippen molar-refractivity contribution in [3.8, 4) is 0 Å². The van der Waals surface area contributed by atoms with E-state index in [1.54, 1.807) is 6.92 Å². The molecule has 2 aliphatic rings. The summed E-state index contributed by atoms with van der Waals surface area (Å²) in [4.78, 5) is 73.7. The third-order valence-corrected chi connectivity index (χ3v) is 10.9. The molecule has 2 aromatic carbocycles. The smallest absolute Gasteiger partial charge is 0.243 e. The van der Waals surface area contributed by atoms with Gasteiger partial charge in [0.15, 0.2) is 5.78 Å². The zero-order valence-electron chi connectivity index (χ0n) is 35.2. The Kier molecular flexibility index (Phi) is 18.2. The van der Waals surface area contributed by atoms with Crippen LogP contribution in [0.3, 0.4) is 0 Å². The largest absolute Gasteiger partial charge is 0.361 e. The molecule has 0 spiro atoms. The second-order valence-electron chi connectivity index (χ2n) is 17.1. The van der Waals surface area contributed by atoms with Crippen molar-refractivity contribution in [3.05, 3.63) is 71.8 Å². The van der Waals surface area contributed by atoms with Crippen molar-refractivity contribution in [2.45, 2.75) is 122 Å². The van der Waals surface area contributed by atoms with Crippen LogP contribution in [0, 0.1) is 11.8 Å². The lowest BCUT2D eigenvalue weighted by Gasteiger charge is -2.32. The zero-order valence-corrected chi connectivity index (χ0v) is 35.2. The first-order valence-electron chi connectivity index (χ1n) is 21.1. The number of nitrogens with zero attached hydrogens (tertiary/aromatic N) is 2. The minimum absolute atomic E-state index is 0.0259. The highest BCUT2D eigenvalue weighted by Crippen LogP contribution is 2.29. The maximum absolute atomic E-state index is 14.2. The van der Waals surface area contributed by atoms with Crippen LogP contribution >= 0.6 is 0 Å². The van der Waals surface area contributed by atoms with E-state index < -0.39 is 47.5 Å². The van der Waals surface area contributed by atoms with Crippen LogP contribution in [0.2, 0.25) is 0 Å². The lowest BCUT2D eigenvalue weighted by molar-refractivity contribution is -0.135. The van der Waals surface area contributed by atoms with E-state index in [1.165, 1.54) is 0 Å². The highest BCUT2D eigenvalue weighted by molar-refractivity contribution is 5.98. The van der Waals surface area contributed by atoms with Crippen LogP contribution < -0.4 is 21.3 Å². The zero-order chi connectivity index (χ0) is 41.4. The lowest BCUT2D eigenvalue weighted by Crippen LogP contribution is -2.59. The second kappa shape index (κ2) is 22.7. The molecule has 0 radical (unpaired) electrons. The monoisotopic (exact) mass is 789 g/mol. The van der Waals surface area contributed by atoms with Gasteiger partial charge in [0.2, 0.25) is 23.6 Å². The highest BCUT2D eigenvalue weighted by Gasteiger charge is 2.50. The Morgan fingerprint density at radius 2 is 1.19 bits per heavy atom. The maximum atomic E-state index is 14.2. The average Bonchev–Trinajstić information content (AvgIpc) is 3.94. The molecule has 314 valence electrons. The molecule has 0 saturated carbocycles. The minimum atomic E-state index is -1.02. The molecule has 0 aliphatic carbocycles. The van der Waals surface area contributed by atoms with Crippen molar-refractivity contribution in [1.29, 1.82) is 0 Å². The number of hydrogen-bond acceptors (Lipinski definition) is 8. The molecule has 4 N–H and O–H groups in total. The molecule has 2 aromatic rings. The summed E-state index contributed by atoms with van der Waals surface area (Å²) in [5, 5.41) is 11.8. The van der Waals surface area contributed by atoms with Gasteiger partial charge < -0.3 is 35.8 Å². The number of ketones is 1. The van der Waals surface area contributed by atoms with Gasteiger partial charge in [-0.05, 0) is 82.0 Å². The molecule has 57 heavy (non-hydrogen) atoms. The summed E-state index contributed by atoms with van der Waals surface area (Å²) in [6, 6.07) is 15.5. The van der Waals surface area contributed by atoms with Gasteiger partial charge in [0.05, 0.1) is 12.6 Å². The topological polar surface area (TPSA) is 152 Å². The van der Waals surface area contributed by atoms with Crippen LogP contribution in [0.4, 0.5) is 0 Å². The molecule has 2 fully saturated rings. The standard InChI is InChI=1S/C45H68N6O6/c1-32(2)28-37(41(53)45(5)31-57-45)47-44(56)39(30-35-18-12-8-13-19-35)49-43(55)38(29-33(3)4)48-42(54)36(22-21-34-16-10-7-11-17-34)46-40(52)20-14-9-15-23-51-26-24-50(6)25-27-51/h7-8,10-13,16-19,32-33,36-39H,9,14-15,20-31H2,1-6H3,(H,46,52)(H,47,56)(H,48,54)(H,49,55)/t36-,37?,38?,39-,45+/m0/s1. The molecule has 2 heterocycles. The van der Waals surface area contributed by atoms with Gasteiger partial charge >= 0.3 is 0 Å². The number of epoxide rings is 1. The SMILES string of the molecule is CC(C)CC(NC(=O)[C@H](CCc1ccccc1)NC(=O)CCCCCN1CCN(C)CC1)C(=O)N[C@@H](Cc1ccccc1)C(=O)NC(CC(C)C)C(=O)[C@@]1(C)CO1. The van der Waals surface area contributed by atoms with E-state index >= 15 is 0 Å². The third kappa shape index (κ3) is 16.0. The molecule has 2 aliphatic heterocycles. The predicted molar refractivity (Wildman–Crippen MR) is 223 cm³/mol. The highest BCUT2D eigenvalue weighted by atomic mass is 16.6. The van der Waals surface area contributed by atoms with E-state index in [4.69, 9.17) is 4.74 Å². The van der Waals surface area contributed by atoms with Crippen LogP contribution in [-0.4, -0.2) is 115 Å². The summed E-state index contributed by atoms with van der Waals surface area (Å²) in [6.07, 6.45) is 4.83. The number of carbonyl (C=O) groups is 5. The van der Waals surface area contributed by atoms with Crippen LogP contribution in [0.25, 0.3) is 0 Å². The number of piperazine rings is 1. The lowest BCUT2D eigenvalue weighted by atomic mass is 9.93. The molecule has 4 amide bonds. The van der Waals surface area contributed by atoms with E-state index in [1.807, 2.05) is 88.4 Å². The normalized spacial score (nSPS) is 19.3. The van der Waals surface area contributed by atoms with E-state index in [0.29, 0.717) is 38.7 Å². The minimum Gasteiger partial charge on any atom is -0.361 e. The quantitative estimate of drug-likeness (QED) is 0.0919. The van der Waals surface area contributed by atoms with Gasteiger partial charge in [-0.2, -0.15) is 0 Å². The van der Waals surface area contributed by atoms with Gasteiger partial charge in [-0.1, -0.05) is 94.8 Å². The number of hydrogen-bond donors (Lipinski definition) is 4. The molecule has 2 saturated heterocycles. The Labute approximate surface area is 340 Å². The van der Waals surface area contributed by atoms with Gasteiger partial charge in [-0.3, -0.25) is 24.0 Å². The average molecular weight is 789 g/mol. The number of aryl methyl sites for hydroxylation is 1. The summed E-state index contributed by atoms with van der Waals surface area (Å²) >= 11 is 0. The summed E-state index contributed by atoms with van der Waals surface area (Å²) in [7, 11) is 2.15. The first-order chi connectivity index (χ1) is 27.2. The van der Waals surface area contributed by atoms with E-state index in [-0.39, 0.29) is 29.9 Å². The van der Waals surface area contributed by atoms with Crippen molar-refractivity contribution < 1.29 is 28.7 Å². The van der Waals surface area contributed by atoms with Crippen LogP contribution in [0.1, 0.15) is 90.7 Å². The van der Waals surface area contributed by atoms with Gasteiger partial charge in [0.25, 0.3) is 0 Å². The van der Waals surface area contributed by atoms with E-state index in [2.05, 4.69) is 38.1 Å². The van der Waals surface area contributed by atoms with Crippen molar-refractivity contribution in [2.24, 2.45) is 11.8 Å². The Balaban J connectivity index is 1.44. The van der Waals surface area contributed by atoms with Crippen molar-refractivity contribution in [1.82, 2.24) is 31.1 Å². The Bertz CT molecular complexity index is 1580. The Morgan fingerprint density at radius 3 is 1.79 bits per heavy atom. The number of nitrogens with one attached hydrogen (secondary N) is 4. The molecule has 0 bridgehead atoms. The number of benzene rings is 2. The number of ether oxygens (including phenoxy) is 1. The number of amides is 4. The Morgan fingerprint density at radius 1 is 0.667 bits per heavy atom. The van der Waals surface area contributed by atoms with Crippen molar-refractivity contribution in [3.63, 3.8) is 0 Å². The summed E-state index contributed by atoms with van der Waals surface area (Å²) in [6.45, 7) is 15.2. The molecular weight excluding hydrogens is 721 g/mol. The maximum Gasteiger partial charge on any atom is 0.243 e. The van der Waals surface area contributed by atoms with Crippen LogP contribution in [-0.2, 0) is 41.6 Å². The molecule has 4 rings (SSSR count). The third-order valence-electron chi connectivity index (χ3n) is 10.9. The van der Waals surface area contributed by atoms with Crippen molar-refractivity contribution >= 4 is 29.4 Å².